The van der Waals surface area contributed by atoms with E-state index in [9.17, 15) is 18.6 Å². The molecule has 136 valence electrons. The summed E-state index contributed by atoms with van der Waals surface area (Å²) < 4.78 is 27.0. The van der Waals surface area contributed by atoms with Crippen molar-refractivity contribution in [3.05, 3.63) is 47.3 Å². The zero-order chi connectivity index (χ0) is 18.1. The van der Waals surface area contributed by atoms with Gasteiger partial charge in [-0.3, -0.25) is 0 Å². The van der Waals surface area contributed by atoms with Crippen molar-refractivity contribution in [2.24, 2.45) is 0 Å². The van der Waals surface area contributed by atoms with Crippen molar-refractivity contribution in [2.45, 2.75) is 16.7 Å². The minimum Gasteiger partial charge on any atom is -0.393 e. The van der Waals surface area contributed by atoms with Gasteiger partial charge in [0, 0.05) is 31.9 Å². The summed E-state index contributed by atoms with van der Waals surface area (Å²) in [5.41, 5.74) is 0.370. The van der Waals surface area contributed by atoms with Gasteiger partial charge in [-0.15, -0.1) is 11.3 Å². The summed E-state index contributed by atoms with van der Waals surface area (Å²) in [6.45, 7) is 3.33. The molecular formula is C17H22N2O4S2. The van der Waals surface area contributed by atoms with Crippen LogP contribution in [0.4, 0.5) is 5.69 Å². The molecule has 0 spiro atoms. The number of benzene rings is 1. The molecule has 0 amide bonds. The van der Waals surface area contributed by atoms with E-state index >= 15 is 0 Å². The number of aliphatic hydroxyl groups excluding tert-OH is 1. The number of anilines is 1. The normalized spacial score (nSPS) is 18.9. The SMILES string of the molecule is CC(O)(CO)c1ccc(N2CCN(S(=O)(=O)c3cccs3)CC2)cc1. The Bertz CT molecular complexity index is 794. The Morgan fingerprint density at radius 2 is 1.76 bits per heavy atom. The van der Waals surface area contributed by atoms with Gasteiger partial charge in [0.2, 0.25) is 0 Å². The smallest absolute Gasteiger partial charge is 0.252 e. The van der Waals surface area contributed by atoms with E-state index in [2.05, 4.69) is 4.90 Å². The van der Waals surface area contributed by atoms with Crippen molar-refractivity contribution in [3.8, 4) is 0 Å². The number of nitrogens with zero attached hydrogens (tertiary/aromatic N) is 2. The molecule has 3 rings (SSSR count). The summed E-state index contributed by atoms with van der Waals surface area (Å²) in [5.74, 6) is 0. The maximum Gasteiger partial charge on any atom is 0.252 e. The van der Waals surface area contributed by atoms with Crippen molar-refractivity contribution in [1.29, 1.82) is 0 Å². The molecule has 2 aromatic rings. The third-order valence-corrected chi connectivity index (χ3v) is 7.76. The molecule has 1 saturated heterocycles. The van der Waals surface area contributed by atoms with E-state index in [0.717, 1.165) is 5.69 Å². The minimum atomic E-state index is -3.39. The van der Waals surface area contributed by atoms with Crippen LogP contribution in [0, 0.1) is 0 Å². The predicted octanol–water partition coefficient (Wildman–Crippen LogP) is 1.46. The first-order valence-electron chi connectivity index (χ1n) is 8.07. The second-order valence-corrected chi connectivity index (χ2v) is 9.41. The summed E-state index contributed by atoms with van der Waals surface area (Å²) >= 11 is 1.24. The zero-order valence-electron chi connectivity index (χ0n) is 14.0. The highest BCUT2D eigenvalue weighted by molar-refractivity contribution is 7.91. The highest BCUT2D eigenvalue weighted by atomic mass is 32.2. The number of rotatable bonds is 5. The molecule has 1 aliphatic heterocycles. The summed E-state index contributed by atoms with van der Waals surface area (Å²) in [6.07, 6.45) is 0. The van der Waals surface area contributed by atoms with Crippen molar-refractivity contribution in [1.82, 2.24) is 4.31 Å². The Labute approximate surface area is 152 Å². The molecule has 1 atom stereocenters. The molecule has 25 heavy (non-hydrogen) atoms. The average molecular weight is 383 g/mol. The van der Waals surface area contributed by atoms with Crippen LogP contribution in [0.3, 0.4) is 0 Å². The third kappa shape index (κ3) is 3.73. The molecule has 1 fully saturated rings. The number of hydrogen-bond acceptors (Lipinski definition) is 6. The number of thiophene rings is 1. The first-order chi connectivity index (χ1) is 11.8. The second kappa shape index (κ2) is 7.05. The molecule has 2 N–H and O–H groups in total. The molecular weight excluding hydrogens is 360 g/mol. The van der Waals surface area contributed by atoms with E-state index in [1.807, 2.05) is 12.1 Å². The van der Waals surface area contributed by atoms with Gasteiger partial charge in [0.15, 0.2) is 0 Å². The van der Waals surface area contributed by atoms with Gasteiger partial charge < -0.3 is 15.1 Å². The molecule has 0 saturated carbocycles. The standard InChI is InChI=1S/C17H22N2O4S2/c1-17(21,13-20)14-4-6-15(7-5-14)18-8-10-19(11-9-18)25(22,23)16-3-2-12-24-16/h2-7,12,20-21H,8-11,13H2,1H3. The lowest BCUT2D eigenvalue weighted by Crippen LogP contribution is -2.48. The molecule has 1 aromatic carbocycles. The van der Waals surface area contributed by atoms with Crippen molar-refractivity contribution < 1.29 is 18.6 Å². The van der Waals surface area contributed by atoms with Crippen LogP contribution in [0.1, 0.15) is 12.5 Å². The predicted molar refractivity (Wildman–Crippen MR) is 98.4 cm³/mol. The van der Waals surface area contributed by atoms with E-state index in [4.69, 9.17) is 0 Å². The van der Waals surface area contributed by atoms with Gasteiger partial charge in [-0.2, -0.15) is 4.31 Å². The van der Waals surface area contributed by atoms with Crippen LogP contribution in [-0.2, 0) is 15.6 Å². The van der Waals surface area contributed by atoms with E-state index in [0.29, 0.717) is 36.0 Å². The Morgan fingerprint density at radius 1 is 1.12 bits per heavy atom. The molecule has 1 unspecified atom stereocenters. The lowest BCUT2D eigenvalue weighted by molar-refractivity contribution is -0.00227. The van der Waals surface area contributed by atoms with Gasteiger partial charge in [0.25, 0.3) is 10.0 Å². The lowest BCUT2D eigenvalue weighted by atomic mass is 9.97. The molecule has 8 heteroatoms. The summed E-state index contributed by atoms with van der Waals surface area (Å²) in [5, 5.41) is 21.1. The fraction of sp³-hybridized carbons (Fsp3) is 0.412. The lowest BCUT2D eigenvalue weighted by Gasteiger charge is -2.35. The second-order valence-electron chi connectivity index (χ2n) is 6.30. The van der Waals surface area contributed by atoms with Crippen molar-refractivity contribution in [2.75, 3.05) is 37.7 Å². The van der Waals surface area contributed by atoms with E-state index < -0.39 is 15.6 Å². The fourth-order valence-corrected chi connectivity index (χ4v) is 5.41. The number of piperazine rings is 1. The zero-order valence-corrected chi connectivity index (χ0v) is 15.6. The molecule has 0 radical (unpaired) electrons. The molecule has 0 bridgehead atoms. The Morgan fingerprint density at radius 3 is 2.28 bits per heavy atom. The van der Waals surface area contributed by atoms with Crippen LogP contribution in [0.25, 0.3) is 0 Å². The van der Waals surface area contributed by atoms with Crippen molar-refractivity contribution >= 4 is 27.0 Å². The van der Waals surface area contributed by atoms with Crippen LogP contribution in [-0.4, -0.2) is 55.7 Å². The van der Waals surface area contributed by atoms with Crippen LogP contribution >= 0.6 is 11.3 Å². The Hall–Kier alpha value is -1.45. The fourth-order valence-electron chi connectivity index (χ4n) is 2.85. The van der Waals surface area contributed by atoms with Crippen LogP contribution in [0.2, 0.25) is 0 Å². The number of aliphatic hydroxyl groups is 2. The monoisotopic (exact) mass is 382 g/mol. The summed E-state index contributed by atoms with van der Waals surface area (Å²) in [6, 6.07) is 10.8. The Kier molecular flexibility index (Phi) is 5.17. The molecule has 1 aromatic heterocycles. The minimum absolute atomic E-state index is 0.342. The van der Waals surface area contributed by atoms with Crippen LogP contribution in [0.5, 0.6) is 0 Å². The van der Waals surface area contributed by atoms with Crippen molar-refractivity contribution in [3.63, 3.8) is 0 Å². The molecule has 0 aliphatic carbocycles. The van der Waals surface area contributed by atoms with Crippen LogP contribution in [0.15, 0.2) is 46.0 Å². The highest BCUT2D eigenvalue weighted by Crippen LogP contribution is 2.26. The third-order valence-electron chi connectivity index (χ3n) is 4.49. The average Bonchev–Trinajstić information content (AvgIpc) is 3.17. The molecule has 2 heterocycles. The van der Waals surface area contributed by atoms with Gasteiger partial charge in [-0.25, -0.2) is 8.42 Å². The number of sulfonamides is 1. The Balaban J connectivity index is 1.67. The van der Waals surface area contributed by atoms with E-state index in [-0.39, 0.29) is 6.61 Å². The first kappa shape index (κ1) is 18.3. The molecule has 6 nitrogen and oxygen atoms in total. The van der Waals surface area contributed by atoms with Gasteiger partial charge >= 0.3 is 0 Å². The summed E-state index contributed by atoms with van der Waals surface area (Å²) in [7, 11) is -3.39. The first-order valence-corrected chi connectivity index (χ1v) is 10.4. The summed E-state index contributed by atoms with van der Waals surface area (Å²) in [4.78, 5) is 2.12. The largest absolute Gasteiger partial charge is 0.393 e. The maximum atomic E-state index is 12.5. The van der Waals surface area contributed by atoms with E-state index in [1.165, 1.54) is 15.6 Å². The van der Waals surface area contributed by atoms with Gasteiger partial charge in [-0.05, 0) is 36.1 Å². The topological polar surface area (TPSA) is 81.1 Å². The van der Waals surface area contributed by atoms with E-state index in [1.54, 1.807) is 36.6 Å². The van der Waals surface area contributed by atoms with Gasteiger partial charge in [-0.1, -0.05) is 18.2 Å². The quantitative estimate of drug-likeness (QED) is 0.818. The molecule has 1 aliphatic rings. The maximum absolute atomic E-state index is 12.5. The number of hydrogen-bond donors (Lipinski definition) is 2. The van der Waals surface area contributed by atoms with Gasteiger partial charge in [0.1, 0.15) is 9.81 Å². The highest BCUT2D eigenvalue weighted by Gasteiger charge is 2.29. The van der Waals surface area contributed by atoms with Gasteiger partial charge in [0.05, 0.1) is 6.61 Å². The van der Waals surface area contributed by atoms with Crippen LogP contribution < -0.4 is 4.90 Å².